The first kappa shape index (κ1) is 15.8. The van der Waals surface area contributed by atoms with Crippen LogP contribution in [0.15, 0.2) is 0 Å². The van der Waals surface area contributed by atoms with Gasteiger partial charge in [-0.2, -0.15) is 0 Å². The van der Waals surface area contributed by atoms with E-state index < -0.39 is 10.4 Å². The summed E-state index contributed by atoms with van der Waals surface area (Å²) in [7, 11) is -5.17. The molecule has 0 aromatic carbocycles. The first-order chi connectivity index (χ1) is 2.00. The molecule has 0 saturated carbocycles. The predicted octanol–water partition coefficient (Wildman–Crippen LogP) is -1.99. The summed E-state index contributed by atoms with van der Waals surface area (Å²) in [5, 5.41) is 0. The molecule has 0 fully saturated rings. The number of hydrogen-bond acceptors (Lipinski definition) is 4. The zero-order chi connectivity index (χ0) is 4.50. The SMILES string of the molecule is O=S(=O)([O-])[O-].[Fe+2].[NaH]. The van der Waals surface area contributed by atoms with Crippen LogP contribution in [0.25, 0.3) is 0 Å². The van der Waals surface area contributed by atoms with E-state index in [2.05, 4.69) is 0 Å². The normalized spacial score (nSPS) is 8.29. The van der Waals surface area contributed by atoms with Crippen molar-refractivity contribution in [1.29, 1.82) is 0 Å². The van der Waals surface area contributed by atoms with Gasteiger partial charge in [0.15, 0.2) is 0 Å². The molecule has 0 atom stereocenters. The van der Waals surface area contributed by atoms with Gasteiger partial charge in [-0.3, -0.25) is 8.42 Å². The van der Waals surface area contributed by atoms with Crippen LogP contribution in [0.1, 0.15) is 0 Å². The van der Waals surface area contributed by atoms with Gasteiger partial charge in [0, 0.05) is 10.4 Å². The van der Waals surface area contributed by atoms with Crippen molar-refractivity contribution in [3.05, 3.63) is 0 Å². The summed E-state index contributed by atoms with van der Waals surface area (Å²) < 4.78 is 34.1. The van der Waals surface area contributed by atoms with Gasteiger partial charge in [-0.1, -0.05) is 0 Å². The minimum atomic E-state index is -5.17. The van der Waals surface area contributed by atoms with Crippen molar-refractivity contribution in [2.75, 3.05) is 0 Å². The van der Waals surface area contributed by atoms with Gasteiger partial charge >= 0.3 is 46.6 Å². The van der Waals surface area contributed by atoms with Crippen LogP contribution >= 0.6 is 0 Å². The van der Waals surface area contributed by atoms with Gasteiger partial charge in [0.1, 0.15) is 0 Å². The van der Waals surface area contributed by atoms with Crippen LogP contribution in [0.3, 0.4) is 0 Å². The van der Waals surface area contributed by atoms with Crippen molar-refractivity contribution in [3.63, 3.8) is 0 Å². The second-order valence-corrected chi connectivity index (χ2v) is 1.22. The molecule has 4 nitrogen and oxygen atoms in total. The molecular weight excluding hydrogens is 175 g/mol. The third-order valence-electron chi connectivity index (χ3n) is 0. The fraction of sp³-hybridized carbons (Fsp3) is 0. The molecule has 0 aliphatic rings. The molecule has 0 aromatic heterocycles. The van der Waals surface area contributed by atoms with Gasteiger partial charge in [-0.05, 0) is 0 Å². The van der Waals surface area contributed by atoms with Crippen LogP contribution in [-0.4, -0.2) is 47.1 Å². The minimum absolute atomic E-state index is 0. The van der Waals surface area contributed by atoms with Crippen molar-refractivity contribution < 1.29 is 34.6 Å². The van der Waals surface area contributed by atoms with Gasteiger partial charge in [-0.25, -0.2) is 0 Å². The first-order valence-corrected chi connectivity index (χ1v) is 2.00. The number of rotatable bonds is 0. The second kappa shape index (κ2) is 5.52. The molecule has 0 radical (unpaired) electrons. The third kappa shape index (κ3) is 111. The molecule has 7 heavy (non-hydrogen) atoms. The Bertz CT molecular complexity index is 94.9. The van der Waals surface area contributed by atoms with Gasteiger partial charge < -0.3 is 9.11 Å². The summed E-state index contributed by atoms with van der Waals surface area (Å²) in [4.78, 5) is 0. The van der Waals surface area contributed by atoms with Gasteiger partial charge in [-0.15, -0.1) is 0 Å². The van der Waals surface area contributed by atoms with E-state index in [1.54, 1.807) is 0 Å². The van der Waals surface area contributed by atoms with Crippen LogP contribution in [0.2, 0.25) is 0 Å². The standard InChI is InChI=1S/Fe.Na.H2O4S.H/c;;1-5(2,3)4;/h;;(H2,1,2,3,4);/q+2;;;/p-2. The summed E-state index contributed by atoms with van der Waals surface area (Å²) in [5.41, 5.74) is 0. The average molecular weight is 176 g/mol. The monoisotopic (exact) mass is 176 g/mol. The number of hydrogen-bond donors (Lipinski definition) is 0. The Morgan fingerprint density at radius 2 is 1.14 bits per heavy atom. The van der Waals surface area contributed by atoms with E-state index in [0.717, 1.165) is 0 Å². The van der Waals surface area contributed by atoms with Crippen molar-refractivity contribution in [2.24, 2.45) is 0 Å². The molecule has 40 valence electrons. The molecule has 0 rings (SSSR count). The predicted molar refractivity (Wildman–Crippen MR) is 17.6 cm³/mol. The fourth-order valence-electron chi connectivity index (χ4n) is 0. The van der Waals surface area contributed by atoms with E-state index in [-0.39, 0.29) is 46.6 Å². The van der Waals surface area contributed by atoms with Crippen molar-refractivity contribution in [1.82, 2.24) is 0 Å². The molecule has 0 aromatic rings. The van der Waals surface area contributed by atoms with Crippen LogP contribution in [0.5, 0.6) is 0 Å². The maximum atomic E-state index is 8.52. The van der Waals surface area contributed by atoms with Crippen molar-refractivity contribution in [2.45, 2.75) is 0 Å². The Labute approximate surface area is 74.0 Å². The molecule has 0 aliphatic heterocycles. The molecule has 0 unspecified atom stereocenters. The maximum absolute atomic E-state index is 8.52. The van der Waals surface area contributed by atoms with Gasteiger partial charge in [0.05, 0.1) is 0 Å². The Kier molecular flexibility index (Phi) is 12.4. The molecule has 0 bridgehead atoms. The Morgan fingerprint density at radius 1 is 1.14 bits per heavy atom. The third-order valence-corrected chi connectivity index (χ3v) is 0. The second-order valence-electron chi connectivity index (χ2n) is 0.408. The molecule has 0 spiro atoms. The van der Waals surface area contributed by atoms with Crippen LogP contribution in [0.4, 0.5) is 0 Å². The molecule has 7 heteroatoms. The van der Waals surface area contributed by atoms with Crippen LogP contribution in [0, 0.1) is 0 Å². The zero-order valence-electron chi connectivity index (χ0n) is 2.39. The molecule has 0 aliphatic carbocycles. The van der Waals surface area contributed by atoms with Gasteiger partial charge in [0.2, 0.25) is 0 Å². The summed E-state index contributed by atoms with van der Waals surface area (Å²) in [6.07, 6.45) is 0. The molecular formula is HFeNaO4S. The molecule has 0 saturated heterocycles. The van der Waals surface area contributed by atoms with Gasteiger partial charge in [0.25, 0.3) is 0 Å². The van der Waals surface area contributed by atoms with E-state index in [9.17, 15) is 0 Å². The summed E-state index contributed by atoms with van der Waals surface area (Å²) >= 11 is 0. The Balaban J connectivity index is -0.0000000800. The quantitative estimate of drug-likeness (QED) is 0.243. The summed E-state index contributed by atoms with van der Waals surface area (Å²) in [6.45, 7) is 0. The summed E-state index contributed by atoms with van der Waals surface area (Å²) in [5.74, 6) is 0. The first-order valence-electron chi connectivity index (χ1n) is 0.667. The zero-order valence-corrected chi connectivity index (χ0v) is 4.32. The van der Waals surface area contributed by atoms with E-state index >= 15 is 0 Å². The van der Waals surface area contributed by atoms with E-state index in [1.165, 1.54) is 0 Å². The molecule has 0 amide bonds. The Morgan fingerprint density at radius 3 is 1.14 bits per heavy atom. The average Bonchev–Trinajstić information content (AvgIpc) is 0.722. The topological polar surface area (TPSA) is 80.3 Å². The fourth-order valence-corrected chi connectivity index (χ4v) is 0. The van der Waals surface area contributed by atoms with Crippen LogP contribution in [-0.2, 0) is 27.5 Å². The van der Waals surface area contributed by atoms with E-state index in [4.69, 9.17) is 17.5 Å². The van der Waals surface area contributed by atoms with Crippen molar-refractivity contribution in [3.8, 4) is 0 Å². The van der Waals surface area contributed by atoms with Crippen molar-refractivity contribution >= 4 is 40.0 Å². The molecule has 0 heterocycles. The van der Waals surface area contributed by atoms with E-state index in [1.807, 2.05) is 0 Å². The molecule has 0 N–H and O–H groups in total. The van der Waals surface area contributed by atoms with Crippen LogP contribution < -0.4 is 0 Å². The van der Waals surface area contributed by atoms with E-state index in [0.29, 0.717) is 0 Å². The summed E-state index contributed by atoms with van der Waals surface area (Å²) in [6, 6.07) is 0. The Hall–Kier alpha value is 1.39.